The Labute approximate surface area is 153 Å². The van der Waals surface area contributed by atoms with Gasteiger partial charge < -0.3 is 10.6 Å². The summed E-state index contributed by atoms with van der Waals surface area (Å²) in [5, 5.41) is 6.40. The lowest BCUT2D eigenvalue weighted by Crippen LogP contribution is -2.38. The van der Waals surface area contributed by atoms with Crippen molar-refractivity contribution >= 4 is 11.6 Å². The number of halogens is 1. The number of aromatic nitrogens is 2. The molecule has 1 aliphatic rings. The van der Waals surface area contributed by atoms with E-state index in [4.69, 9.17) is 0 Å². The molecule has 0 spiro atoms. The molecule has 1 fully saturated rings. The summed E-state index contributed by atoms with van der Waals surface area (Å²) >= 11 is 0. The van der Waals surface area contributed by atoms with E-state index in [1.54, 1.807) is 12.4 Å². The Morgan fingerprint density at radius 3 is 2.65 bits per heavy atom. The van der Waals surface area contributed by atoms with Crippen molar-refractivity contribution in [1.82, 2.24) is 15.3 Å². The fraction of sp³-hybridized carbons (Fsp3) is 0.450. The van der Waals surface area contributed by atoms with Crippen LogP contribution in [0.25, 0.3) is 0 Å². The standard InChI is InChI=1S/C20H25FN4O/c1-13-7-19(14(2)23-9-13)20(26)25-17-5-3-15(4-6-17)10-24-18-8-16(21)11-22-12-18/h7-9,11-12,15,17,24H,3-6,10H2,1-2H3,(H,25,26). The molecule has 2 N–H and O–H groups in total. The molecular formula is C20H25FN4O. The van der Waals surface area contributed by atoms with Gasteiger partial charge in [-0.15, -0.1) is 0 Å². The second-order valence-corrected chi connectivity index (χ2v) is 7.11. The van der Waals surface area contributed by atoms with Crippen LogP contribution in [-0.2, 0) is 0 Å². The van der Waals surface area contributed by atoms with E-state index in [1.807, 2.05) is 19.9 Å². The molecule has 1 aliphatic carbocycles. The first kappa shape index (κ1) is 18.3. The lowest BCUT2D eigenvalue weighted by molar-refractivity contribution is 0.0921. The minimum Gasteiger partial charge on any atom is -0.383 e. The predicted octanol–water partition coefficient (Wildman–Crippen LogP) is 3.63. The van der Waals surface area contributed by atoms with E-state index in [0.29, 0.717) is 17.2 Å². The second-order valence-electron chi connectivity index (χ2n) is 7.11. The smallest absolute Gasteiger partial charge is 0.253 e. The number of pyridine rings is 2. The van der Waals surface area contributed by atoms with Gasteiger partial charge in [0.25, 0.3) is 5.91 Å². The van der Waals surface area contributed by atoms with Gasteiger partial charge in [0.15, 0.2) is 0 Å². The van der Waals surface area contributed by atoms with Crippen LogP contribution in [0.3, 0.4) is 0 Å². The zero-order valence-corrected chi connectivity index (χ0v) is 15.3. The first-order valence-electron chi connectivity index (χ1n) is 9.10. The third kappa shape index (κ3) is 4.77. The van der Waals surface area contributed by atoms with E-state index in [0.717, 1.165) is 43.5 Å². The number of aryl methyl sites for hydroxylation is 2. The molecule has 2 aromatic rings. The van der Waals surface area contributed by atoms with Gasteiger partial charge >= 0.3 is 0 Å². The van der Waals surface area contributed by atoms with Crippen molar-refractivity contribution in [3.8, 4) is 0 Å². The van der Waals surface area contributed by atoms with Crippen LogP contribution in [0.15, 0.2) is 30.7 Å². The summed E-state index contributed by atoms with van der Waals surface area (Å²) < 4.78 is 13.2. The zero-order chi connectivity index (χ0) is 18.5. The Morgan fingerprint density at radius 2 is 1.92 bits per heavy atom. The number of hydrogen-bond donors (Lipinski definition) is 2. The maximum absolute atomic E-state index is 13.2. The first-order valence-corrected chi connectivity index (χ1v) is 9.10. The van der Waals surface area contributed by atoms with Crippen molar-refractivity contribution < 1.29 is 9.18 Å². The molecule has 3 rings (SSSR count). The van der Waals surface area contributed by atoms with E-state index in [-0.39, 0.29) is 17.8 Å². The van der Waals surface area contributed by atoms with Crippen LogP contribution in [0.1, 0.15) is 47.3 Å². The summed E-state index contributed by atoms with van der Waals surface area (Å²) in [6.45, 7) is 4.60. The maximum Gasteiger partial charge on any atom is 0.253 e. The molecule has 6 heteroatoms. The highest BCUT2D eigenvalue weighted by Gasteiger charge is 2.23. The highest BCUT2D eigenvalue weighted by Crippen LogP contribution is 2.25. The van der Waals surface area contributed by atoms with Crippen molar-refractivity contribution in [2.75, 3.05) is 11.9 Å². The third-order valence-electron chi connectivity index (χ3n) is 4.95. The fourth-order valence-corrected chi connectivity index (χ4v) is 3.41. The number of carbonyl (C=O) groups is 1. The minimum absolute atomic E-state index is 0.0360. The number of amides is 1. The molecule has 0 saturated heterocycles. The Morgan fingerprint density at radius 1 is 1.15 bits per heavy atom. The van der Waals surface area contributed by atoms with Gasteiger partial charge in [0, 0.05) is 30.5 Å². The summed E-state index contributed by atoms with van der Waals surface area (Å²) in [5.74, 6) is 0.155. The Balaban J connectivity index is 1.46. The van der Waals surface area contributed by atoms with Gasteiger partial charge in [-0.2, -0.15) is 0 Å². The average molecular weight is 356 g/mol. The van der Waals surface area contributed by atoms with E-state index in [9.17, 15) is 9.18 Å². The number of nitrogens with zero attached hydrogens (tertiary/aromatic N) is 2. The molecule has 5 nitrogen and oxygen atoms in total. The molecule has 0 aromatic carbocycles. The number of rotatable bonds is 5. The molecule has 1 saturated carbocycles. The van der Waals surface area contributed by atoms with Crippen molar-refractivity contribution in [2.45, 2.75) is 45.6 Å². The first-order chi connectivity index (χ1) is 12.5. The fourth-order valence-electron chi connectivity index (χ4n) is 3.41. The van der Waals surface area contributed by atoms with Gasteiger partial charge in [0.1, 0.15) is 5.82 Å². The number of nitrogens with one attached hydrogen (secondary N) is 2. The van der Waals surface area contributed by atoms with Crippen molar-refractivity contribution in [3.05, 3.63) is 53.4 Å². The molecule has 138 valence electrons. The molecule has 0 radical (unpaired) electrons. The van der Waals surface area contributed by atoms with Crippen LogP contribution in [-0.4, -0.2) is 28.5 Å². The predicted molar refractivity (Wildman–Crippen MR) is 99.6 cm³/mol. The monoisotopic (exact) mass is 356 g/mol. The summed E-state index contributed by atoms with van der Waals surface area (Å²) in [7, 11) is 0. The Kier molecular flexibility index (Phi) is 5.81. The van der Waals surface area contributed by atoms with E-state index in [1.165, 1.54) is 12.3 Å². The van der Waals surface area contributed by atoms with Gasteiger partial charge in [0.05, 0.1) is 23.6 Å². The van der Waals surface area contributed by atoms with Gasteiger partial charge in [-0.1, -0.05) is 0 Å². The molecule has 0 atom stereocenters. The van der Waals surface area contributed by atoms with Crippen LogP contribution < -0.4 is 10.6 Å². The van der Waals surface area contributed by atoms with Crippen LogP contribution >= 0.6 is 0 Å². The van der Waals surface area contributed by atoms with Crippen LogP contribution in [0.2, 0.25) is 0 Å². The zero-order valence-electron chi connectivity index (χ0n) is 15.3. The second kappa shape index (κ2) is 8.25. The molecule has 2 aromatic heterocycles. The lowest BCUT2D eigenvalue weighted by Gasteiger charge is -2.29. The Bertz CT molecular complexity index is 772. The molecular weight excluding hydrogens is 331 g/mol. The highest BCUT2D eigenvalue weighted by molar-refractivity contribution is 5.95. The van der Waals surface area contributed by atoms with Crippen LogP contribution in [0.4, 0.5) is 10.1 Å². The minimum atomic E-state index is -0.331. The number of carbonyl (C=O) groups excluding carboxylic acids is 1. The normalized spacial score (nSPS) is 19.8. The molecule has 0 bridgehead atoms. The van der Waals surface area contributed by atoms with E-state index in [2.05, 4.69) is 20.6 Å². The molecule has 1 amide bonds. The van der Waals surface area contributed by atoms with Crippen molar-refractivity contribution in [1.29, 1.82) is 0 Å². The van der Waals surface area contributed by atoms with Crippen LogP contribution in [0.5, 0.6) is 0 Å². The quantitative estimate of drug-likeness (QED) is 0.858. The Hall–Kier alpha value is -2.50. The topological polar surface area (TPSA) is 66.9 Å². The SMILES string of the molecule is Cc1cnc(C)c(C(=O)NC2CCC(CNc3cncc(F)c3)CC2)c1. The number of anilines is 1. The highest BCUT2D eigenvalue weighted by atomic mass is 19.1. The van der Waals surface area contributed by atoms with Crippen LogP contribution in [0, 0.1) is 25.6 Å². The molecule has 0 aliphatic heterocycles. The summed E-state index contributed by atoms with van der Waals surface area (Å²) in [6.07, 6.45) is 8.59. The average Bonchev–Trinajstić information content (AvgIpc) is 2.63. The van der Waals surface area contributed by atoms with Gasteiger partial charge in [-0.25, -0.2) is 4.39 Å². The summed E-state index contributed by atoms with van der Waals surface area (Å²) in [6, 6.07) is 3.55. The third-order valence-corrected chi connectivity index (χ3v) is 4.95. The lowest BCUT2D eigenvalue weighted by atomic mass is 9.86. The largest absolute Gasteiger partial charge is 0.383 e. The van der Waals surface area contributed by atoms with Gasteiger partial charge in [0.2, 0.25) is 0 Å². The van der Waals surface area contributed by atoms with E-state index < -0.39 is 0 Å². The number of hydrogen-bond acceptors (Lipinski definition) is 4. The molecule has 26 heavy (non-hydrogen) atoms. The van der Waals surface area contributed by atoms with Crippen molar-refractivity contribution in [2.24, 2.45) is 5.92 Å². The summed E-state index contributed by atoms with van der Waals surface area (Å²) in [5.41, 5.74) is 3.12. The maximum atomic E-state index is 13.2. The molecule has 0 unspecified atom stereocenters. The summed E-state index contributed by atoms with van der Waals surface area (Å²) in [4.78, 5) is 20.6. The van der Waals surface area contributed by atoms with Gasteiger partial charge in [-0.3, -0.25) is 14.8 Å². The van der Waals surface area contributed by atoms with E-state index >= 15 is 0 Å². The van der Waals surface area contributed by atoms with Crippen molar-refractivity contribution in [3.63, 3.8) is 0 Å². The molecule has 2 heterocycles. The van der Waals surface area contributed by atoms with Gasteiger partial charge in [-0.05, 0) is 57.1 Å².